The summed E-state index contributed by atoms with van der Waals surface area (Å²) in [5, 5.41) is 2.77. The van der Waals surface area contributed by atoms with Gasteiger partial charge in [0.2, 0.25) is 5.91 Å². The number of carbonyl (C=O) groups is 1. The van der Waals surface area contributed by atoms with Crippen LogP contribution in [0.4, 0.5) is 5.69 Å². The lowest BCUT2D eigenvalue weighted by Crippen LogP contribution is -2.49. The molecule has 1 aromatic rings. The lowest BCUT2D eigenvalue weighted by atomic mass is 9.96. The number of carbonyl (C=O) groups excluding carboxylic acids is 1. The van der Waals surface area contributed by atoms with E-state index in [1.165, 1.54) is 0 Å². The molecule has 0 aromatic heterocycles. The van der Waals surface area contributed by atoms with Crippen LogP contribution in [0, 0.1) is 0 Å². The Bertz CT molecular complexity index is 455. The Labute approximate surface area is 124 Å². The zero-order chi connectivity index (χ0) is 15.1. The van der Waals surface area contributed by atoms with Gasteiger partial charge >= 0.3 is 0 Å². The van der Waals surface area contributed by atoms with Crippen molar-refractivity contribution in [2.24, 2.45) is 5.73 Å². The number of anilines is 1. The monoisotopic (exact) mass is 294 g/mol. The molecule has 1 amide bonds. The molecule has 1 aliphatic heterocycles. The van der Waals surface area contributed by atoms with Crippen LogP contribution in [0.15, 0.2) is 24.3 Å². The first-order valence-corrected chi connectivity index (χ1v) is 7.03. The Morgan fingerprint density at radius 1 is 1.43 bits per heavy atom. The number of methoxy groups -OCH3 is 1. The van der Waals surface area contributed by atoms with Gasteiger partial charge in [-0.25, -0.2) is 0 Å². The largest absolute Gasteiger partial charge is 0.497 e. The molecule has 0 spiro atoms. The quantitative estimate of drug-likeness (QED) is 0.822. The van der Waals surface area contributed by atoms with Crippen molar-refractivity contribution in [1.29, 1.82) is 0 Å². The summed E-state index contributed by atoms with van der Waals surface area (Å²) in [5.41, 5.74) is 5.93. The maximum absolute atomic E-state index is 11.9. The van der Waals surface area contributed by atoms with Crippen LogP contribution in [0.25, 0.3) is 0 Å². The minimum absolute atomic E-state index is 0.0351. The van der Waals surface area contributed by atoms with Gasteiger partial charge in [-0.05, 0) is 37.1 Å². The molecule has 1 fully saturated rings. The smallest absolute Gasteiger partial charge is 0.250 e. The zero-order valence-corrected chi connectivity index (χ0v) is 12.3. The Morgan fingerprint density at radius 2 is 2.19 bits per heavy atom. The van der Waals surface area contributed by atoms with Gasteiger partial charge in [0.1, 0.15) is 18.0 Å². The number of hydrogen-bond donors (Lipinski definition) is 2. The molecule has 6 nitrogen and oxygen atoms in total. The highest BCUT2D eigenvalue weighted by Crippen LogP contribution is 2.22. The van der Waals surface area contributed by atoms with E-state index in [-0.39, 0.29) is 12.5 Å². The summed E-state index contributed by atoms with van der Waals surface area (Å²) in [6.07, 6.45) is 1.72. The van der Waals surface area contributed by atoms with Gasteiger partial charge in [-0.15, -0.1) is 0 Å². The molecule has 0 saturated carbocycles. The molecule has 1 heterocycles. The Morgan fingerprint density at radius 3 is 2.76 bits per heavy atom. The van der Waals surface area contributed by atoms with Crippen LogP contribution in [0.1, 0.15) is 12.8 Å². The molecule has 1 aliphatic rings. The van der Waals surface area contributed by atoms with Crippen molar-refractivity contribution in [3.63, 3.8) is 0 Å². The Balaban J connectivity index is 1.83. The number of ether oxygens (including phenoxy) is 3. The molecule has 6 heteroatoms. The Hall–Kier alpha value is -1.63. The summed E-state index contributed by atoms with van der Waals surface area (Å²) >= 11 is 0. The summed E-state index contributed by atoms with van der Waals surface area (Å²) in [7, 11) is 1.60. The lowest BCUT2D eigenvalue weighted by molar-refractivity contribution is -0.143. The standard InChI is InChI=1S/C15H22N2O4/c1-19-13-5-3-12(4-6-13)17-14(18)9-21-15(10-16)7-2-8-20-11-15/h3-6H,2,7-11,16H2,1H3,(H,17,18). The second-order valence-electron chi connectivity index (χ2n) is 5.11. The minimum atomic E-state index is -0.532. The van der Waals surface area contributed by atoms with Crippen LogP contribution >= 0.6 is 0 Å². The van der Waals surface area contributed by atoms with E-state index in [0.717, 1.165) is 25.2 Å². The lowest BCUT2D eigenvalue weighted by Gasteiger charge is -2.35. The van der Waals surface area contributed by atoms with Crippen LogP contribution in [-0.2, 0) is 14.3 Å². The number of nitrogens with one attached hydrogen (secondary N) is 1. The fourth-order valence-corrected chi connectivity index (χ4v) is 2.25. The van der Waals surface area contributed by atoms with Crippen LogP contribution in [0.2, 0.25) is 0 Å². The molecule has 1 saturated heterocycles. The minimum Gasteiger partial charge on any atom is -0.497 e. The predicted molar refractivity (Wildman–Crippen MR) is 79.4 cm³/mol. The van der Waals surface area contributed by atoms with E-state index < -0.39 is 5.60 Å². The number of hydrogen-bond acceptors (Lipinski definition) is 5. The number of benzene rings is 1. The second-order valence-corrected chi connectivity index (χ2v) is 5.11. The highest BCUT2D eigenvalue weighted by molar-refractivity contribution is 5.91. The van der Waals surface area contributed by atoms with E-state index in [1.807, 2.05) is 0 Å². The van der Waals surface area contributed by atoms with E-state index in [0.29, 0.717) is 18.8 Å². The Kier molecular flexibility index (Phi) is 5.55. The molecular formula is C15H22N2O4. The highest BCUT2D eigenvalue weighted by Gasteiger charge is 2.33. The summed E-state index contributed by atoms with van der Waals surface area (Å²) in [6, 6.07) is 7.12. The van der Waals surface area contributed by atoms with E-state index in [1.54, 1.807) is 31.4 Å². The van der Waals surface area contributed by atoms with Gasteiger partial charge < -0.3 is 25.3 Å². The molecule has 21 heavy (non-hydrogen) atoms. The van der Waals surface area contributed by atoms with Gasteiger partial charge in [0, 0.05) is 18.8 Å². The van der Waals surface area contributed by atoms with Gasteiger partial charge in [0.25, 0.3) is 0 Å². The average Bonchev–Trinajstić information content (AvgIpc) is 2.54. The number of amides is 1. The van der Waals surface area contributed by atoms with Gasteiger partial charge in [0.15, 0.2) is 0 Å². The molecule has 116 valence electrons. The predicted octanol–water partition coefficient (Wildman–Crippen LogP) is 1.16. The van der Waals surface area contributed by atoms with Gasteiger partial charge in [-0.1, -0.05) is 0 Å². The van der Waals surface area contributed by atoms with Gasteiger partial charge in [-0.3, -0.25) is 4.79 Å². The van der Waals surface area contributed by atoms with Gasteiger partial charge in [0.05, 0.1) is 13.7 Å². The van der Waals surface area contributed by atoms with E-state index in [4.69, 9.17) is 19.9 Å². The second kappa shape index (κ2) is 7.40. The van der Waals surface area contributed by atoms with E-state index >= 15 is 0 Å². The molecule has 0 aliphatic carbocycles. The number of rotatable bonds is 6. The highest BCUT2D eigenvalue weighted by atomic mass is 16.5. The fourth-order valence-electron chi connectivity index (χ4n) is 2.25. The SMILES string of the molecule is COc1ccc(NC(=O)COC2(CN)CCCOC2)cc1. The first-order valence-electron chi connectivity index (χ1n) is 7.03. The zero-order valence-electron chi connectivity index (χ0n) is 12.3. The molecule has 3 N–H and O–H groups in total. The third kappa shape index (κ3) is 4.42. The summed E-state index contributed by atoms with van der Waals surface area (Å²) in [5.74, 6) is 0.532. The van der Waals surface area contributed by atoms with Crippen molar-refractivity contribution in [2.45, 2.75) is 18.4 Å². The van der Waals surface area contributed by atoms with Crippen molar-refractivity contribution < 1.29 is 19.0 Å². The molecule has 0 bridgehead atoms. The molecular weight excluding hydrogens is 272 g/mol. The van der Waals surface area contributed by atoms with Crippen molar-refractivity contribution in [3.8, 4) is 5.75 Å². The fraction of sp³-hybridized carbons (Fsp3) is 0.533. The van der Waals surface area contributed by atoms with Crippen LogP contribution < -0.4 is 15.8 Å². The van der Waals surface area contributed by atoms with Gasteiger partial charge in [-0.2, -0.15) is 0 Å². The average molecular weight is 294 g/mol. The van der Waals surface area contributed by atoms with Crippen LogP contribution in [0.3, 0.4) is 0 Å². The first-order chi connectivity index (χ1) is 10.2. The van der Waals surface area contributed by atoms with Crippen molar-refractivity contribution in [3.05, 3.63) is 24.3 Å². The normalized spacial score (nSPS) is 21.8. The van der Waals surface area contributed by atoms with Crippen LogP contribution in [0.5, 0.6) is 5.75 Å². The van der Waals surface area contributed by atoms with Crippen molar-refractivity contribution >= 4 is 11.6 Å². The first kappa shape index (κ1) is 15.8. The van der Waals surface area contributed by atoms with Crippen molar-refractivity contribution in [1.82, 2.24) is 0 Å². The third-order valence-corrected chi connectivity index (χ3v) is 3.54. The molecule has 2 rings (SSSR count). The van der Waals surface area contributed by atoms with E-state index in [9.17, 15) is 4.79 Å². The summed E-state index contributed by atoms with van der Waals surface area (Å²) < 4.78 is 16.2. The van der Waals surface area contributed by atoms with Crippen molar-refractivity contribution in [2.75, 3.05) is 38.8 Å². The molecule has 1 atom stereocenters. The third-order valence-electron chi connectivity index (χ3n) is 3.54. The maximum atomic E-state index is 11.9. The molecule has 0 radical (unpaired) electrons. The maximum Gasteiger partial charge on any atom is 0.250 e. The summed E-state index contributed by atoms with van der Waals surface area (Å²) in [6.45, 7) is 1.48. The molecule has 1 aromatic carbocycles. The topological polar surface area (TPSA) is 82.8 Å². The van der Waals surface area contributed by atoms with E-state index in [2.05, 4.69) is 5.32 Å². The summed E-state index contributed by atoms with van der Waals surface area (Å²) in [4.78, 5) is 11.9. The van der Waals surface area contributed by atoms with Crippen LogP contribution in [-0.4, -0.2) is 45.0 Å². The number of nitrogens with two attached hydrogens (primary N) is 1. The molecule has 1 unspecified atom stereocenters.